The Morgan fingerprint density at radius 3 is 2.67 bits per heavy atom. The Hall–Kier alpha value is -2.86. The molecule has 0 aliphatic heterocycles. The summed E-state index contributed by atoms with van der Waals surface area (Å²) >= 11 is 0. The van der Waals surface area contributed by atoms with Crippen LogP contribution in [0.5, 0.6) is 0 Å². The fourth-order valence-corrected chi connectivity index (χ4v) is 2.83. The van der Waals surface area contributed by atoms with Gasteiger partial charge in [0.1, 0.15) is 23.3 Å². The van der Waals surface area contributed by atoms with Gasteiger partial charge in [0.05, 0.1) is 12.6 Å². The summed E-state index contributed by atoms with van der Waals surface area (Å²) in [5.41, 5.74) is 1.07. The van der Waals surface area contributed by atoms with E-state index in [2.05, 4.69) is 15.6 Å². The molecule has 0 radical (unpaired) electrons. The zero-order valence-electron chi connectivity index (χ0n) is 15.4. The van der Waals surface area contributed by atoms with E-state index in [4.69, 9.17) is 4.42 Å². The van der Waals surface area contributed by atoms with Crippen LogP contribution in [0.2, 0.25) is 0 Å². The Balaban J connectivity index is 1.70. The highest BCUT2D eigenvalue weighted by molar-refractivity contribution is 5.81. The van der Waals surface area contributed by atoms with Crippen molar-refractivity contribution in [2.45, 2.75) is 26.0 Å². The van der Waals surface area contributed by atoms with Gasteiger partial charge in [0, 0.05) is 17.5 Å². The highest BCUT2D eigenvalue weighted by atomic mass is 19.1. The predicted octanol–water partition coefficient (Wildman–Crippen LogP) is 3.92. The first-order valence-electron chi connectivity index (χ1n) is 9.04. The third-order valence-corrected chi connectivity index (χ3v) is 4.26. The van der Waals surface area contributed by atoms with Crippen LogP contribution >= 0.6 is 0 Å². The highest BCUT2D eigenvalue weighted by Crippen LogP contribution is 2.23. The molecule has 0 saturated heterocycles. The number of aliphatic imine (C=N–C) groups is 1. The van der Waals surface area contributed by atoms with E-state index in [1.807, 2.05) is 44.2 Å². The van der Waals surface area contributed by atoms with E-state index in [1.54, 1.807) is 18.2 Å². The Morgan fingerprint density at radius 2 is 1.93 bits per heavy atom. The third kappa shape index (κ3) is 4.65. The van der Waals surface area contributed by atoms with Gasteiger partial charge < -0.3 is 20.2 Å². The second kappa shape index (κ2) is 8.68. The molecule has 1 heterocycles. The molecule has 142 valence electrons. The van der Waals surface area contributed by atoms with Crippen LogP contribution in [0.15, 0.2) is 64.0 Å². The normalized spacial score (nSPS) is 14.1. The van der Waals surface area contributed by atoms with Crippen molar-refractivity contribution in [3.8, 4) is 0 Å². The third-order valence-electron chi connectivity index (χ3n) is 4.26. The van der Waals surface area contributed by atoms with Crippen LogP contribution in [0.1, 0.15) is 37.3 Å². The van der Waals surface area contributed by atoms with Crippen molar-refractivity contribution in [3.05, 3.63) is 71.7 Å². The van der Waals surface area contributed by atoms with Crippen molar-refractivity contribution in [2.75, 3.05) is 13.1 Å². The molecule has 3 rings (SSSR count). The molecular formula is C21H24FN3O2. The molecule has 0 aliphatic carbocycles. The van der Waals surface area contributed by atoms with Gasteiger partial charge in [0.25, 0.3) is 0 Å². The van der Waals surface area contributed by atoms with E-state index in [-0.39, 0.29) is 18.2 Å². The number of nitrogens with zero attached hydrogens (tertiary/aromatic N) is 1. The fourth-order valence-electron chi connectivity index (χ4n) is 2.83. The molecule has 27 heavy (non-hydrogen) atoms. The Kier molecular flexibility index (Phi) is 6.08. The lowest BCUT2D eigenvalue weighted by Crippen LogP contribution is -2.39. The number of aliphatic hydroxyl groups is 1. The van der Waals surface area contributed by atoms with Gasteiger partial charge >= 0.3 is 0 Å². The number of furan rings is 1. The summed E-state index contributed by atoms with van der Waals surface area (Å²) in [4.78, 5) is 4.39. The van der Waals surface area contributed by atoms with E-state index in [9.17, 15) is 9.50 Å². The van der Waals surface area contributed by atoms with Crippen molar-refractivity contribution in [3.63, 3.8) is 0 Å². The maximum atomic E-state index is 13.8. The first kappa shape index (κ1) is 18.9. The van der Waals surface area contributed by atoms with Crippen LogP contribution in [-0.4, -0.2) is 24.2 Å². The zero-order chi connectivity index (χ0) is 19.2. The molecule has 6 heteroatoms. The molecule has 2 atom stereocenters. The van der Waals surface area contributed by atoms with Crippen molar-refractivity contribution in [1.29, 1.82) is 0 Å². The number of aliphatic hydroxyl groups excluding tert-OH is 1. The summed E-state index contributed by atoms with van der Waals surface area (Å²) in [5, 5.41) is 17.7. The standard InChI is InChI=1S/C21H24FN3O2/c1-3-23-21(24-13-18(26)16-9-5-6-10-17(16)22)25-14(2)20-12-15-8-4-7-11-19(15)27-20/h4-12,14,18,26H,3,13H2,1-2H3,(H2,23,24,25). The quantitative estimate of drug-likeness (QED) is 0.455. The number of guanidine groups is 1. The largest absolute Gasteiger partial charge is 0.459 e. The minimum absolute atomic E-state index is 0.0448. The molecule has 3 N–H and O–H groups in total. The smallest absolute Gasteiger partial charge is 0.191 e. The zero-order valence-corrected chi connectivity index (χ0v) is 15.4. The number of benzene rings is 2. The summed E-state index contributed by atoms with van der Waals surface area (Å²) in [6, 6.07) is 15.9. The van der Waals surface area contributed by atoms with E-state index in [0.29, 0.717) is 12.5 Å². The topological polar surface area (TPSA) is 69.8 Å². The molecule has 0 bridgehead atoms. The van der Waals surface area contributed by atoms with Gasteiger partial charge in [0.15, 0.2) is 5.96 Å². The van der Waals surface area contributed by atoms with Crippen LogP contribution in [0.3, 0.4) is 0 Å². The van der Waals surface area contributed by atoms with Crippen LogP contribution in [-0.2, 0) is 0 Å². The number of rotatable bonds is 6. The predicted molar refractivity (Wildman–Crippen MR) is 105 cm³/mol. The summed E-state index contributed by atoms with van der Waals surface area (Å²) in [5.74, 6) is 0.881. The summed E-state index contributed by atoms with van der Waals surface area (Å²) in [6.07, 6.45) is -1.01. The highest BCUT2D eigenvalue weighted by Gasteiger charge is 2.15. The molecule has 0 aliphatic rings. The van der Waals surface area contributed by atoms with Gasteiger partial charge in [-0.05, 0) is 32.0 Å². The molecule has 0 spiro atoms. The molecule has 1 aromatic heterocycles. The molecule has 0 fully saturated rings. The molecule has 2 aromatic carbocycles. The van der Waals surface area contributed by atoms with Gasteiger partial charge in [-0.3, -0.25) is 4.99 Å². The van der Waals surface area contributed by atoms with E-state index in [1.165, 1.54) is 6.07 Å². The lowest BCUT2D eigenvalue weighted by atomic mass is 10.1. The monoisotopic (exact) mass is 369 g/mol. The maximum Gasteiger partial charge on any atom is 0.191 e. The number of para-hydroxylation sites is 1. The second-order valence-electron chi connectivity index (χ2n) is 6.31. The SMILES string of the molecule is CCNC(=NCC(O)c1ccccc1F)NC(C)c1cc2ccccc2o1. The average molecular weight is 369 g/mol. The van der Waals surface area contributed by atoms with Gasteiger partial charge in [-0.1, -0.05) is 36.4 Å². The van der Waals surface area contributed by atoms with Crippen LogP contribution in [0, 0.1) is 5.82 Å². The van der Waals surface area contributed by atoms with E-state index in [0.717, 1.165) is 16.7 Å². The lowest BCUT2D eigenvalue weighted by molar-refractivity contribution is 0.182. The van der Waals surface area contributed by atoms with Crippen LogP contribution in [0.25, 0.3) is 11.0 Å². The summed E-state index contributed by atoms with van der Waals surface area (Å²) in [6.45, 7) is 4.63. The number of hydrogen-bond donors (Lipinski definition) is 3. The molecule has 2 unspecified atom stereocenters. The lowest BCUT2D eigenvalue weighted by Gasteiger charge is -2.17. The molecule has 5 nitrogen and oxygen atoms in total. The average Bonchev–Trinajstić information content (AvgIpc) is 3.11. The number of nitrogens with one attached hydrogen (secondary N) is 2. The van der Waals surface area contributed by atoms with E-state index < -0.39 is 11.9 Å². The minimum atomic E-state index is -1.01. The van der Waals surface area contributed by atoms with Crippen LogP contribution < -0.4 is 10.6 Å². The number of fused-ring (bicyclic) bond motifs is 1. The molecule has 0 saturated carbocycles. The Bertz CT molecular complexity index is 889. The summed E-state index contributed by atoms with van der Waals surface area (Å²) in [7, 11) is 0. The van der Waals surface area contributed by atoms with Gasteiger partial charge in [-0.15, -0.1) is 0 Å². The first-order chi connectivity index (χ1) is 13.1. The van der Waals surface area contributed by atoms with E-state index >= 15 is 0 Å². The second-order valence-corrected chi connectivity index (χ2v) is 6.31. The molecule has 0 amide bonds. The Labute approximate surface area is 157 Å². The van der Waals surface area contributed by atoms with Gasteiger partial charge in [-0.25, -0.2) is 4.39 Å². The first-order valence-corrected chi connectivity index (χ1v) is 9.04. The van der Waals surface area contributed by atoms with Gasteiger partial charge in [0.2, 0.25) is 0 Å². The van der Waals surface area contributed by atoms with Gasteiger partial charge in [-0.2, -0.15) is 0 Å². The molecular weight excluding hydrogens is 345 g/mol. The maximum absolute atomic E-state index is 13.8. The fraction of sp³-hybridized carbons (Fsp3) is 0.286. The number of hydrogen-bond acceptors (Lipinski definition) is 3. The summed E-state index contributed by atoms with van der Waals surface area (Å²) < 4.78 is 19.7. The molecule has 3 aromatic rings. The van der Waals surface area contributed by atoms with Crippen molar-refractivity contribution in [2.24, 2.45) is 4.99 Å². The minimum Gasteiger partial charge on any atom is -0.459 e. The van der Waals surface area contributed by atoms with Crippen LogP contribution in [0.4, 0.5) is 4.39 Å². The number of halogens is 1. The van der Waals surface area contributed by atoms with Crippen molar-refractivity contribution in [1.82, 2.24) is 10.6 Å². The van der Waals surface area contributed by atoms with Crippen molar-refractivity contribution >= 4 is 16.9 Å². The Morgan fingerprint density at radius 1 is 1.19 bits per heavy atom. The van der Waals surface area contributed by atoms with Crippen molar-refractivity contribution < 1.29 is 13.9 Å².